The van der Waals surface area contributed by atoms with Crippen LogP contribution >= 0.6 is 7.75 Å². The van der Waals surface area contributed by atoms with Crippen LogP contribution in [0.5, 0.6) is 5.75 Å². The smallest absolute Gasteiger partial charge is 0.409 e. The van der Waals surface area contributed by atoms with E-state index in [0.29, 0.717) is 18.9 Å². The van der Waals surface area contributed by atoms with Crippen molar-refractivity contribution in [3.63, 3.8) is 0 Å². The fraction of sp³-hybridized carbons (Fsp3) is 0.200. The zero-order valence-electron chi connectivity index (χ0n) is 11.0. The zero-order valence-corrected chi connectivity index (χ0v) is 11.9. The molecule has 0 amide bonds. The molecule has 0 aliphatic carbocycles. The third-order valence-electron chi connectivity index (χ3n) is 3.08. The fourth-order valence-corrected chi connectivity index (χ4v) is 3.99. The summed E-state index contributed by atoms with van der Waals surface area (Å²) in [6.45, 7) is 1.11. The number of nitrogens with zero attached hydrogens (tertiary/aromatic N) is 1. The second-order valence-corrected chi connectivity index (χ2v) is 6.38. The highest BCUT2D eigenvalue weighted by molar-refractivity contribution is 7.56. The molecule has 5 heteroatoms. The van der Waals surface area contributed by atoms with Gasteiger partial charge < -0.3 is 4.52 Å². The molecule has 0 bridgehead atoms. The van der Waals surface area contributed by atoms with E-state index in [1.165, 1.54) is 0 Å². The van der Waals surface area contributed by atoms with Crippen LogP contribution in [0.1, 0.15) is 6.42 Å². The Balaban J connectivity index is 1.90. The van der Waals surface area contributed by atoms with Crippen molar-refractivity contribution in [3.05, 3.63) is 60.7 Å². The summed E-state index contributed by atoms with van der Waals surface area (Å²) in [5, 5.41) is 0. The molecule has 2 aromatic rings. The molecule has 1 saturated heterocycles. The van der Waals surface area contributed by atoms with Gasteiger partial charge in [0, 0.05) is 12.2 Å². The molecule has 1 fully saturated rings. The quantitative estimate of drug-likeness (QED) is 0.797. The largest absolute Gasteiger partial charge is 0.489 e. The maximum atomic E-state index is 13.0. The average Bonchev–Trinajstić information content (AvgIpc) is 2.49. The van der Waals surface area contributed by atoms with E-state index in [2.05, 4.69) is 0 Å². The Morgan fingerprint density at radius 1 is 1.00 bits per heavy atom. The van der Waals surface area contributed by atoms with E-state index in [-0.39, 0.29) is 0 Å². The van der Waals surface area contributed by atoms with Crippen molar-refractivity contribution < 1.29 is 13.6 Å². The molecule has 20 heavy (non-hydrogen) atoms. The summed E-state index contributed by atoms with van der Waals surface area (Å²) in [4.78, 5) is 0. The maximum Gasteiger partial charge on any atom is 0.489 e. The van der Waals surface area contributed by atoms with Crippen LogP contribution in [0.4, 0.5) is 5.69 Å². The van der Waals surface area contributed by atoms with Gasteiger partial charge in [-0.25, -0.2) is 4.57 Å². The van der Waals surface area contributed by atoms with E-state index in [9.17, 15) is 4.57 Å². The predicted molar refractivity (Wildman–Crippen MR) is 79.0 cm³/mol. The van der Waals surface area contributed by atoms with Crippen LogP contribution in [0.25, 0.3) is 0 Å². The normalized spacial score (nSPS) is 22.5. The Morgan fingerprint density at radius 2 is 1.65 bits per heavy atom. The molecule has 0 unspecified atom stereocenters. The fourth-order valence-electron chi connectivity index (χ4n) is 2.15. The Labute approximate surface area is 118 Å². The Morgan fingerprint density at radius 3 is 2.35 bits per heavy atom. The van der Waals surface area contributed by atoms with Gasteiger partial charge in [0.05, 0.1) is 6.61 Å². The summed E-state index contributed by atoms with van der Waals surface area (Å²) in [5.74, 6) is 0.554. The molecule has 3 rings (SSSR count). The topological polar surface area (TPSA) is 38.8 Å². The number of benzene rings is 2. The van der Waals surface area contributed by atoms with E-state index in [1.54, 1.807) is 16.8 Å². The molecule has 1 aliphatic rings. The third-order valence-corrected chi connectivity index (χ3v) is 5.06. The average molecular weight is 289 g/mol. The summed E-state index contributed by atoms with van der Waals surface area (Å²) >= 11 is 0. The van der Waals surface area contributed by atoms with Crippen LogP contribution in [0.2, 0.25) is 0 Å². The molecule has 0 spiro atoms. The van der Waals surface area contributed by atoms with E-state index in [1.807, 2.05) is 48.5 Å². The molecule has 0 N–H and O–H groups in total. The molecular weight excluding hydrogens is 273 g/mol. The number of hydrogen-bond donors (Lipinski definition) is 0. The first-order valence-electron chi connectivity index (χ1n) is 6.60. The summed E-state index contributed by atoms with van der Waals surface area (Å²) in [6.07, 6.45) is 0.830. The van der Waals surface area contributed by atoms with Gasteiger partial charge in [0.1, 0.15) is 5.75 Å². The van der Waals surface area contributed by atoms with Crippen LogP contribution in [0, 0.1) is 0 Å². The molecule has 1 atom stereocenters. The summed E-state index contributed by atoms with van der Waals surface area (Å²) in [7, 11) is -3.33. The van der Waals surface area contributed by atoms with Crippen LogP contribution in [-0.4, -0.2) is 13.2 Å². The van der Waals surface area contributed by atoms with Crippen molar-refractivity contribution >= 4 is 13.4 Å². The lowest BCUT2D eigenvalue weighted by Gasteiger charge is -2.35. The number of anilines is 1. The van der Waals surface area contributed by atoms with Crippen molar-refractivity contribution in [2.24, 2.45) is 0 Å². The lowest BCUT2D eigenvalue weighted by molar-refractivity contribution is 0.242. The highest BCUT2D eigenvalue weighted by atomic mass is 31.2. The van der Waals surface area contributed by atoms with Crippen LogP contribution in [-0.2, 0) is 9.09 Å². The molecule has 1 aliphatic heterocycles. The van der Waals surface area contributed by atoms with Gasteiger partial charge in [-0.05, 0) is 30.7 Å². The van der Waals surface area contributed by atoms with E-state index < -0.39 is 7.75 Å². The minimum absolute atomic E-state index is 0.452. The minimum Gasteiger partial charge on any atom is -0.409 e. The van der Waals surface area contributed by atoms with Crippen LogP contribution in [0.3, 0.4) is 0 Å². The maximum absolute atomic E-state index is 13.0. The molecule has 4 nitrogen and oxygen atoms in total. The number of rotatable bonds is 3. The van der Waals surface area contributed by atoms with Gasteiger partial charge in [0.2, 0.25) is 0 Å². The lowest BCUT2D eigenvalue weighted by atomic mass is 10.3. The molecule has 1 heterocycles. The highest BCUT2D eigenvalue weighted by Crippen LogP contribution is 2.55. The molecule has 0 saturated carbocycles. The standard InChI is InChI=1S/C15H16NO3P/c17-20(19-15-10-5-2-6-11-15)16(12-7-13-18-20)14-8-3-1-4-9-14/h1-6,8-11H,7,12-13H2/t20-/m0/s1. The van der Waals surface area contributed by atoms with Gasteiger partial charge in [-0.15, -0.1) is 0 Å². The first kappa shape index (κ1) is 13.2. The Bertz CT molecular complexity index is 603. The SMILES string of the molecule is O=[P@]1(Oc2ccccc2)OCCCN1c1ccccc1. The van der Waals surface area contributed by atoms with Crippen LogP contribution < -0.4 is 9.19 Å². The lowest BCUT2D eigenvalue weighted by Crippen LogP contribution is -2.30. The summed E-state index contributed by atoms with van der Waals surface area (Å²) in [6, 6.07) is 18.7. The van der Waals surface area contributed by atoms with Gasteiger partial charge in [-0.3, -0.25) is 9.19 Å². The second-order valence-electron chi connectivity index (χ2n) is 4.52. The second kappa shape index (κ2) is 5.70. The Kier molecular flexibility index (Phi) is 3.77. The molecular formula is C15H16NO3P. The van der Waals surface area contributed by atoms with E-state index in [0.717, 1.165) is 12.1 Å². The van der Waals surface area contributed by atoms with E-state index >= 15 is 0 Å². The third kappa shape index (κ3) is 2.72. The molecule has 0 radical (unpaired) electrons. The summed E-state index contributed by atoms with van der Waals surface area (Å²) < 4.78 is 25.9. The number of para-hydroxylation sites is 2. The first-order chi connectivity index (χ1) is 9.78. The van der Waals surface area contributed by atoms with Crippen molar-refractivity contribution in [3.8, 4) is 5.75 Å². The van der Waals surface area contributed by atoms with E-state index in [4.69, 9.17) is 9.05 Å². The van der Waals surface area contributed by atoms with Crippen LogP contribution in [0.15, 0.2) is 60.7 Å². The van der Waals surface area contributed by atoms with Gasteiger partial charge >= 0.3 is 7.75 Å². The molecule has 104 valence electrons. The molecule has 0 aromatic heterocycles. The van der Waals surface area contributed by atoms with Crippen molar-refractivity contribution in [1.82, 2.24) is 0 Å². The first-order valence-corrected chi connectivity index (χ1v) is 8.10. The van der Waals surface area contributed by atoms with Gasteiger partial charge in [0.25, 0.3) is 0 Å². The number of hydrogen-bond acceptors (Lipinski definition) is 3. The Hall–Kier alpha value is -1.77. The minimum atomic E-state index is -3.33. The van der Waals surface area contributed by atoms with Gasteiger partial charge in [-0.1, -0.05) is 36.4 Å². The summed E-state index contributed by atoms with van der Waals surface area (Å²) in [5.41, 5.74) is 0.853. The van der Waals surface area contributed by atoms with Crippen molar-refractivity contribution in [2.45, 2.75) is 6.42 Å². The van der Waals surface area contributed by atoms with Crippen molar-refractivity contribution in [1.29, 1.82) is 0 Å². The van der Waals surface area contributed by atoms with Gasteiger partial charge in [0.15, 0.2) is 0 Å². The van der Waals surface area contributed by atoms with Gasteiger partial charge in [-0.2, -0.15) is 0 Å². The highest BCUT2D eigenvalue weighted by Gasteiger charge is 2.38. The predicted octanol–water partition coefficient (Wildman–Crippen LogP) is 4.10. The molecule has 2 aromatic carbocycles. The monoisotopic (exact) mass is 289 g/mol. The van der Waals surface area contributed by atoms with Crippen molar-refractivity contribution in [2.75, 3.05) is 17.8 Å². The zero-order chi connectivity index (χ0) is 13.8.